The van der Waals surface area contributed by atoms with Crippen LogP contribution in [0.4, 0.5) is 0 Å². The van der Waals surface area contributed by atoms with Gasteiger partial charge in [0.15, 0.2) is 0 Å². The second-order valence-electron chi connectivity index (χ2n) is 5.49. The van der Waals surface area contributed by atoms with Crippen molar-refractivity contribution in [3.05, 3.63) is 35.9 Å². The van der Waals surface area contributed by atoms with E-state index in [4.69, 9.17) is 4.74 Å². The minimum atomic E-state index is -0.0374. The first kappa shape index (κ1) is 19.2. The molecule has 23 heavy (non-hydrogen) atoms. The minimum absolute atomic E-state index is 0.0374. The van der Waals surface area contributed by atoms with Crippen molar-refractivity contribution in [2.75, 3.05) is 33.3 Å². The molecule has 1 aromatic rings. The minimum Gasteiger partial charge on any atom is -0.497 e. The summed E-state index contributed by atoms with van der Waals surface area (Å²) < 4.78 is 5.10. The molecule has 4 nitrogen and oxygen atoms in total. The molecule has 0 atom stereocenters. The third-order valence-corrected chi connectivity index (χ3v) is 3.89. The zero-order chi connectivity index (χ0) is 16.9. The number of carbonyl (C=O) groups is 1. The molecule has 1 N–H and O–H groups in total. The number of unbranched alkanes of at least 4 members (excludes halogenated alkanes) is 2. The van der Waals surface area contributed by atoms with Crippen LogP contribution in [0.2, 0.25) is 0 Å². The Balaban J connectivity index is 2.15. The molecule has 0 fully saturated rings. The van der Waals surface area contributed by atoms with Gasteiger partial charge in [0, 0.05) is 12.6 Å². The lowest BCUT2D eigenvalue weighted by atomic mass is 10.2. The highest BCUT2D eigenvalue weighted by Crippen LogP contribution is 2.12. The average Bonchev–Trinajstić information content (AvgIpc) is 2.60. The number of carbonyl (C=O) groups excluding carboxylic acids is 1. The van der Waals surface area contributed by atoms with E-state index in [1.807, 2.05) is 30.3 Å². The number of rotatable bonds is 11. The molecule has 0 radical (unpaired) electrons. The Hall–Kier alpha value is -1.81. The fourth-order valence-corrected chi connectivity index (χ4v) is 2.33. The summed E-state index contributed by atoms with van der Waals surface area (Å²) >= 11 is 0. The van der Waals surface area contributed by atoms with Gasteiger partial charge < -0.3 is 15.0 Å². The van der Waals surface area contributed by atoms with Gasteiger partial charge >= 0.3 is 0 Å². The molecule has 0 saturated heterocycles. The van der Waals surface area contributed by atoms with Crippen LogP contribution in [0.5, 0.6) is 5.75 Å². The molecular formula is C19H30N2O2. The number of hydrogen-bond acceptors (Lipinski definition) is 3. The maximum Gasteiger partial charge on any atom is 0.243 e. The van der Waals surface area contributed by atoms with E-state index < -0.39 is 0 Å². The molecule has 0 saturated carbocycles. The Morgan fingerprint density at radius 2 is 1.83 bits per heavy atom. The van der Waals surface area contributed by atoms with Crippen LogP contribution in [0.15, 0.2) is 30.3 Å². The number of amides is 1. The Kier molecular flexibility index (Phi) is 9.80. The van der Waals surface area contributed by atoms with Crippen LogP contribution < -0.4 is 10.1 Å². The zero-order valence-corrected chi connectivity index (χ0v) is 14.7. The van der Waals surface area contributed by atoms with Crippen LogP contribution in [-0.2, 0) is 4.79 Å². The number of nitrogens with one attached hydrogen (secondary N) is 1. The van der Waals surface area contributed by atoms with E-state index in [-0.39, 0.29) is 5.91 Å². The Morgan fingerprint density at radius 3 is 2.43 bits per heavy atom. The average molecular weight is 318 g/mol. The standard InChI is InChI=1S/C19H30N2O2/c1-4-21(5-2)16-8-6-7-15-20-19(22)14-11-17-9-12-18(23-3)13-10-17/h9-14H,4-8,15-16H2,1-3H3,(H,20,22)/b14-11+. The van der Waals surface area contributed by atoms with Gasteiger partial charge in [0.25, 0.3) is 0 Å². The van der Waals surface area contributed by atoms with Crippen molar-refractivity contribution < 1.29 is 9.53 Å². The second-order valence-corrected chi connectivity index (χ2v) is 5.49. The summed E-state index contributed by atoms with van der Waals surface area (Å²) in [5, 5.41) is 2.93. The summed E-state index contributed by atoms with van der Waals surface area (Å²) in [6.07, 6.45) is 6.77. The summed E-state index contributed by atoms with van der Waals surface area (Å²) in [6, 6.07) is 7.62. The highest BCUT2D eigenvalue weighted by molar-refractivity contribution is 5.91. The monoisotopic (exact) mass is 318 g/mol. The first-order valence-electron chi connectivity index (χ1n) is 8.51. The van der Waals surface area contributed by atoms with Gasteiger partial charge in [-0.05, 0) is 56.2 Å². The number of ether oxygens (including phenoxy) is 1. The van der Waals surface area contributed by atoms with E-state index >= 15 is 0 Å². The van der Waals surface area contributed by atoms with Gasteiger partial charge in [-0.25, -0.2) is 0 Å². The van der Waals surface area contributed by atoms with Crippen molar-refractivity contribution in [3.8, 4) is 5.75 Å². The van der Waals surface area contributed by atoms with Crippen LogP contribution in [-0.4, -0.2) is 44.1 Å². The molecule has 1 aromatic carbocycles. The largest absolute Gasteiger partial charge is 0.497 e. The van der Waals surface area contributed by atoms with Crippen molar-refractivity contribution in [3.63, 3.8) is 0 Å². The molecule has 0 heterocycles. The van der Waals surface area contributed by atoms with Crippen LogP contribution in [0.1, 0.15) is 38.7 Å². The normalized spacial score (nSPS) is 11.1. The Bertz CT molecular complexity index is 465. The molecule has 0 aliphatic rings. The van der Waals surface area contributed by atoms with Gasteiger partial charge in [-0.2, -0.15) is 0 Å². The molecule has 0 spiro atoms. The fourth-order valence-electron chi connectivity index (χ4n) is 2.33. The lowest BCUT2D eigenvalue weighted by Gasteiger charge is -2.17. The maximum absolute atomic E-state index is 11.7. The first-order chi connectivity index (χ1) is 11.2. The van der Waals surface area contributed by atoms with Crippen LogP contribution in [0.3, 0.4) is 0 Å². The van der Waals surface area contributed by atoms with Crippen LogP contribution >= 0.6 is 0 Å². The lowest BCUT2D eigenvalue weighted by Crippen LogP contribution is -2.25. The van der Waals surface area contributed by atoms with Gasteiger partial charge in [0.2, 0.25) is 5.91 Å². The van der Waals surface area contributed by atoms with Crippen molar-refractivity contribution in [2.24, 2.45) is 0 Å². The van der Waals surface area contributed by atoms with Crippen molar-refractivity contribution >= 4 is 12.0 Å². The van der Waals surface area contributed by atoms with E-state index in [1.54, 1.807) is 13.2 Å². The van der Waals surface area contributed by atoms with Gasteiger partial charge in [0.1, 0.15) is 5.75 Å². The summed E-state index contributed by atoms with van der Waals surface area (Å²) in [5.41, 5.74) is 0.986. The predicted molar refractivity (Wildman–Crippen MR) is 96.7 cm³/mol. The molecule has 128 valence electrons. The third-order valence-electron chi connectivity index (χ3n) is 3.89. The Morgan fingerprint density at radius 1 is 1.13 bits per heavy atom. The van der Waals surface area contributed by atoms with Crippen molar-refractivity contribution in [1.82, 2.24) is 10.2 Å². The molecule has 0 aromatic heterocycles. The van der Waals surface area contributed by atoms with E-state index in [0.29, 0.717) is 0 Å². The number of benzene rings is 1. The fraction of sp³-hybridized carbons (Fsp3) is 0.526. The van der Waals surface area contributed by atoms with Crippen molar-refractivity contribution in [1.29, 1.82) is 0 Å². The topological polar surface area (TPSA) is 41.6 Å². The summed E-state index contributed by atoms with van der Waals surface area (Å²) in [6.45, 7) is 8.51. The van der Waals surface area contributed by atoms with Gasteiger partial charge in [-0.1, -0.05) is 32.4 Å². The maximum atomic E-state index is 11.7. The highest BCUT2D eigenvalue weighted by atomic mass is 16.5. The molecule has 1 rings (SSSR count). The number of hydrogen-bond donors (Lipinski definition) is 1. The molecule has 0 aliphatic carbocycles. The second kappa shape index (κ2) is 11.7. The first-order valence-corrected chi connectivity index (χ1v) is 8.51. The number of methoxy groups -OCH3 is 1. The van der Waals surface area contributed by atoms with E-state index in [0.717, 1.165) is 50.3 Å². The SMILES string of the molecule is CCN(CC)CCCCCNC(=O)/C=C/c1ccc(OC)cc1. The lowest BCUT2D eigenvalue weighted by molar-refractivity contribution is -0.116. The summed E-state index contributed by atoms with van der Waals surface area (Å²) in [4.78, 5) is 14.2. The molecule has 4 heteroatoms. The quantitative estimate of drug-likeness (QED) is 0.502. The molecule has 1 amide bonds. The predicted octanol–water partition coefficient (Wildman–Crippen LogP) is 3.34. The smallest absolute Gasteiger partial charge is 0.243 e. The van der Waals surface area contributed by atoms with Crippen LogP contribution in [0.25, 0.3) is 6.08 Å². The van der Waals surface area contributed by atoms with E-state index in [2.05, 4.69) is 24.1 Å². The van der Waals surface area contributed by atoms with Gasteiger partial charge in [0.05, 0.1) is 7.11 Å². The summed E-state index contributed by atoms with van der Waals surface area (Å²) in [7, 11) is 1.64. The van der Waals surface area contributed by atoms with Gasteiger partial charge in [-0.3, -0.25) is 4.79 Å². The van der Waals surface area contributed by atoms with Gasteiger partial charge in [-0.15, -0.1) is 0 Å². The third kappa shape index (κ3) is 8.41. The van der Waals surface area contributed by atoms with Crippen molar-refractivity contribution in [2.45, 2.75) is 33.1 Å². The van der Waals surface area contributed by atoms with E-state index in [9.17, 15) is 4.79 Å². The molecular weight excluding hydrogens is 288 g/mol. The summed E-state index contributed by atoms with van der Waals surface area (Å²) in [5.74, 6) is 0.779. The van der Waals surface area contributed by atoms with E-state index in [1.165, 1.54) is 6.42 Å². The molecule has 0 aliphatic heterocycles. The highest BCUT2D eigenvalue weighted by Gasteiger charge is 1.99. The molecule has 0 bridgehead atoms. The molecule has 0 unspecified atom stereocenters. The zero-order valence-electron chi connectivity index (χ0n) is 14.7. The number of nitrogens with zero attached hydrogens (tertiary/aromatic N) is 1. The Labute approximate surface area is 140 Å². The van der Waals surface area contributed by atoms with Crippen LogP contribution in [0, 0.1) is 0 Å².